The van der Waals surface area contributed by atoms with Crippen LogP contribution in [0.25, 0.3) is 0 Å². The van der Waals surface area contributed by atoms with Crippen LogP contribution in [0.4, 0.5) is 11.4 Å². The zero-order chi connectivity index (χ0) is 18.0. The molecule has 0 bridgehead atoms. The van der Waals surface area contributed by atoms with Gasteiger partial charge in [0.1, 0.15) is 0 Å². The Morgan fingerprint density at radius 2 is 1.72 bits per heavy atom. The summed E-state index contributed by atoms with van der Waals surface area (Å²) < 4.78 is 0. The quantitative estimate of drug-likeness (QED) is 0.843. The summed E-state index contributed by atoms with van der Waals surface area (Å²) in [7, 11) is 0. The number of nitrogens with two attached hydrogens (primary N) is 1. The van der Waals surface area contributed by atoms with Gasteiger partial charge in [-0.1, -0.05) is 6.07 Å². The van der Waals surface area contributed by atoms with Crippen molar-refractivity contribution >= 4 is 23.2 Å². The molecule has 3 N–H and O–H groups in total. The Labute approximate surface area is 147 Å². The zero-order valence-electron chi connectivity index (χ0n) is 14.6. The van der Waals surface area contributed by atoms with E-state index in [4.69, 9.17) is 5.73 Å². The predicted molar refractivity (Wildman–Crippen MR) is 99.9 cm³/mol. The summed E-state index contributed by atoms with van der Waals surface area (Å²) in [5.41, 5.74) is 9.98. The predicted octanol–water partition coefficient (Wildman–Crippen LogP) is 3.37. The Bertz CT molecular complexity index is 824. The molecule has 1 fully saturated rings. The van der Waals surface area contributed by atoms with Crippen molar-refractivity contribution in [1.29, 1.82) is 0 Å². The molecule has 2 aromatic carbocycles. The fraction of sp³-hybridized carbons (Fsp3) is 0.300. The number of amides is 2. The maximum absolute atomic E-state index is 12.5. The maximum Gasteiger partial charge on any atom is 0.256 e. The maximum atomic E-state index is 12.5. The van der Waals surface area contributed by atoms with Crippen LogP contribution in [0.15, 0.2) is 36.4 Å². The SMILES string of the molecule is Cc1cc(C(=O)N2CCCC2)ccc1NC(=O)c1cc(N)ccc1C. The molecule has 1 aliphatic rings. The van der Waals surface area contributed by atoms with Crippen molar-refractivity contribution in [2.75, 3.05) is 24.1 Å². The molecule has 0 unspecified atom stereocenters. The molecule has 25 heavy (non-hydrogen) atoms. The lowest BCUT2D eigenvalue weighted by molar-refractivity contribution is 0.0792. The zero-order valence-corrected chi connectivity index (χ0v) is 14.6. The van der Waals surface area contributed by atoms with Gasteiger partial charge in [0.15, 0.2) is 0 Å². The summed E-state index contributed by atoms with van der Waals surface area (Å²) in [5, 5.41) is 2.91. The van der Waals surface area contributed by atoms with Crippen molar-refractivity contribution in [2.24, 2.45) is 0 Å². The highest BCUT2D eigenvalue weighted by Gasteiger charge is 2.20. The standard InChI is InChI=1S/C20H23N3O2/c1-13-5-7-16(21)12-17(13)19(24)22-18-8-6-15(11-14(18)2)20(25)23-9-3-4-10-23/h5-8,11-12H,3-4,9-10,21H2,1-2H3,(H,22,24). The number of nitrogen functional groups attached to an aromatic ring is 1. The number of carbonyl (C=O) groups excluding carboxylic acids is 2. The number of hydrogen-bond acceptors (Lipinski definition) is 3. The van der Waals surface area contributed by atoms with Gasteiger partial charge in [-0.15, -0.1) is 0 Å². The van der Waals surface area contributed by atoms with Crippen LogP contribution in [0.1, 0.15) is 44.7 Å². The number of aryl methyl sites for hydroxylation is 2. The fourth-order valence-electron chi connectivity index (χ4n) is 3.11. The highest BCUT2D eigenvalue weighted by Crippen LogP contribution is 2.21. The van der Waals surface area contributed by atoms with E-state index in [9.17, 15) is 9.59 Å². The van der Waals surface area contributed by atoms with Crippen LogP contribution in [0.2, 0.25) is 0 Å². The molecule has 0 radical (unpaired) electrons. The molecule has 3 rings (SSSR count). The number of carbonyl (C=O) groups is 2. The van der Waals surface area contributed by atoms with E-state index < -0.39 is 0 Å². The lowest BCUT2D eigenvalue weighted by atomic mass is 10.1. The number of hydrogen-bond donors (Lipinski definition) is 2. The fourth-order valence-corrected chi connectivity index (χ4v) is 3.11. The molecule has 2 aromatic rings. The molecular formula is C20H23N3O2. The minimum absolute atomic E-state index is 0.0603. The molecule has 0 aromatic heterocycles. The van der Waals surface area contributed by atoms with Crippen LogP contribution >= 0.6 is 0 Å². The van der Waals surface area contributed by atoms with Crippen LogP contribution in [-0.2, 0) is 0 Å². The summed E-state index contributed by atoms with van der Waals surface area (Å²) >= 11 is 0. The van der Waals surface area contributed by atoms with Crippen molar-refractivity contribution in [3.05, 3.63) is 58.7 Å². The number of likely N-dealkylation sites (tertiary alicyclic amines) is 1. The van der Waals surface area contributed by atoms with Crippen molar-refractivity contribution < 1.29 is 9.59 Å². The van der Waals surface area contributed by atoms with Gasteiger partial charge in [0.2, 0.25) is 0 Å². The summed E-state index contributed by atoms with van der Waals surface area (Å²) in [5.74, 6) is -0.142. The molecule has 2 amide bonds. The second kappa shape index (κ2) is 6.97. The third-order valence-corrected chi connectivity index (χ3v) is 4.62. The molecule has 1 aliphatic heterocycles. The van der Waals surface area contributed by atoms with E-state index in [0.717, 1.165) is 37.1 Å². The summed E-state index contributed by atoms with van der Waals surface area (Å²) in [6, 6.07) is 10.7. The molecule has 130 valence electrons. The second-order valence-corrected chi connectivity index (χ2v) is 6.56. The van der Waals surface area contributed by atoms with Gasteiger partial charge in [0.05, 0.1) is 0 Å². The molecule has 1 saturated heterocycles. The van der Waals surface area contributed by atoms with E-state index in [2.05, 4.69) is 5.32 Å². The largest absolute Gasteiger partial charge is 0.399 e. The van der Waals surface area contributed by atoms with Gasteiger partial charge in [-0.3, -0.25) is 9.59 Å². The molecular weight excluding hydrogens is 314 g/mol. The molecule has 0 aliphatic carbocycles. The van der Waals surface area contributed by atoms with Crippen molar-refractivity contribution in [2.45, 2.75) is 26.7 Å². The first-order valence-electron chi connectivity index (χ1n) is 8.53. The van der Waals surface area contributed by atoms with Crippen LogP contribution < -0.4 is 11.1 Å². The highest BCUT2D eigenvalue weighted by molar-refractivity contribution is 6.06. The first-order valence-corrected chi connectivity index (χ1v) is 8.53. The average molecular weight is 337 g/mol. The molecule has 0 saturated carbocycles. The molecule has 0 atom stereocenters. The highest BCUT2D eigenvalue weighted by atomic mass is 16.2. The Balaban J connectivity index is 1.78. The first-order chi connectivity index (χ1) is 12.0. The minimum atomic E-state index is -0.202. The van der Waals surface area contributed by atoms with Gasteiger partial charge in [-0.25, -0.2) is 0 Å². The second-order valence-electron chi connectivity index (χ2n) is 6.56. The van der Waals surface area contributed by atoms with Crippen LogP contribution in [0, 0.1) is 13.8 Å². The van der Waals surface area contributed by atoms with Gasteiger partial charge >= 0.3 is 0 Å². The average Bonchev–Trinajstić information content (AvgIpc) is 3.12. The number of rotatable bonds is 3. The minimum Gasteiger partial charge on any atom is -0.399 e. The third kappa shape index (κ3) is 3.65. The Morgan fingerprint density at radius 3 is 2.40 bits per heavy atom. The van der Waals surface area contributed by atoms with Crippen LogP contribution in [-0.4, -0.2) is 29.8 Å². The summed E-state index contributed by atoms with van der Waals surface area (Å²) in [6.45, 7) is 5.41. The van der Waals surface area contributed by atoms with Gasteiger partial charge in [-0.2, -0.15) is 0 Å². The van der Waals surface area contributed by atoms with E-state index in [1.165, 1.54) is 0 Å². The van der Waals surface area contributed by atoms with Crippen molar-refractivity contribution in [3.63, 3.8) is 0 Å². The number of anilines is 2. The smallest absolute Gasteiger partial charge is 0.256 e. The summed E-state index contributed by atoms with van der Waals surface area (Å²) in [6.07, 6.45) is 2.14. The third-order valence-electron chi connectivity index (χ3n) is 4.62. The Hall–Kier alpha value is -2.82. The summed E-state index contributed by atoms with van der Waals surface area (Å²) in [4.78, 5) is 26.9. The van der Waals surface area contributed by atoms with Gasteiger partial charge in [0.25, 0.3) is 11.8 Å². The van der Waals surface area contributed by atoms with E-state index in [0.29, 0.717) is 22.5 Å². The monoisotopic (exact) mass is 337 g/mol. The van der Waals surface area contributed by atoms with E-state index in [1.807, 2.05) is 30.9 Å². The van der Waals surface area contributed by atoms with Crippen LogP contribution in [0.5, 0.6) is 0 Å². The van der Waals surface area contributed by atoms with Gasteiger partial charge in [0, 0.05) is 35.6 Å². The number of nitrogens with one attached hydrogen (secondary N) is 1. The molecule has 0 spiro atoms. The van der Waals surface area contributed by atoms with Gasteiger partial charge < -0.3 is 16.0 Å². The lowest BCUT2D eigenvalue weighted by Crippen LogP contribution is -2.27. The Kier molecular flexibility index (Phi) is 4.74. The Morgan fingerprint density at radius 1 is 1.00 bits per heavy atom. The van der Waals surface area contributed by atoms with Gasteiger partial charge in [-0.05, 0) is 68.1 Å². The topological polar surface area (TPSA) is 75.4 Å². The molecule has 5 heteroatoms. The first kappa shape index (κ1) is 17.0. The molecule has 5 nitrogen and oxygen atoms in total. The van der Waals surface area contributed by atoms with Crippen LogP contribution in [0.3, 0.4) is 0 Å². The van der Waals surface area contributed by atoms with Crippen molar-refractivity contribution in [3.8, 4) is 0 Å². The van der Waals surface area contributed by atoms with E-state index in [1.54, 1.807) is 24.3 Å². The normalized spacial score (nSPS) is 13.8. The lowest BCUT2D eigenvalue weighted by Gasteiger charge is -2.16. The molecule has 1 heterocycles. The van der Waals surface area contributed by atoms with E-state index >= 15 is 0 Å². The number of nitrogens with zero attached hydrogens (tertiary/aromatic N) is 1. The number of benzene rings is 2. The van der Waals surface area contributed by atoms with E-state index in [-0.39, 0.29) is 11.8 Å². The van der Waals surface area contributed by atoms with Crippen molar-refractivity contribution in [1.82, 2.24) is 4.90 Å².